The number of nitrogens with one attached hydrogen (secondary N) is 1. The van der Waals surface area contributed by atoms with Crippen molar-refractivity contribution in [3.63, 3.8) is 0 Å². The molecule has 0 aromatic heterocycles. The van der Waals surface area contributed by atoms with Crippen LogP contribution in [0.15, 0.2) is 96.6 Å². The summed E-state index contributed by atoms with van der Waals surface area (Å²) in [5.74, 6) is 0.985. The number of anilines is 1. The van der Waals surface area contributed by atoms with E-state index in [1.165, 1.54) is 6.08 Å². The Morgan fingerprint density at radius 2 is 1.48 bits per heavy atom. The molecule has 1 N–H and O–H groups in total. The minimum absolute atomic E-state index is 0.0947. The van der Waals surface area contributed by atoms with Gasteiger partial charge in [0.2, 0.25) is 0 Å². The maximum atomic E-state index is 12.5. The lowest BCUT2D eigenvalue weighted by Gasteiger charge is -2.15. The first-order valence-electron chi connectivity index (χ1n) is 12.5. The van der Waals surface area contributed by atoms with Crippen LogP contribution in [-0.2, 0) is 18.0 Å². The fraction of sp³-hybridized carbons (Fsp3) is 0.125. The molecule has 0 aliphatic carbocycles. The first-order chi connectivity index (χ1) is 19.5. The highest BCUT2D eigenvalue weighted by molar-refractivity contribution is 6.37. The van der Waals surface area contributed by atoms with Crippen LogP contribution in [0.1, 0.15) is 23.6 Å². The molecule has 1 amide bonds. The van der Waals surface area contributed by atoms with E-state index < -0.39 is 5.91 Å². The average Bonchev–Trinajstić information content (AvgIpc) is 2.96. The van der Waals surface area contributed by atoms with E-state index in [2.05, 4.69) is 5.32 Å². The van der Waals surface area contributed by atoms with Gasteiger partial charge in [-0.25, -0.2) is 0 Å². The van der Waals surface area contributed by atoms with Gasteiger partial charge in [-0.15, -0.1) is 0 Å². The summed E-state index contributed by atoms with van der Waals surface area (Å²) in [6.45, 7) is 2.98. The van der Waals surface area contributed by atoms with E-state index in [-0.39, 0.29) is 28.0 Å². The van der Waals surface area contributed by atoms with Gasteiger partial charge in [0.05, 0.1) is 16.7 Å². The topological polar surface area (TPSA) is 80.6 Å². The van der Waals surface area contributed by atoms with Crippen LogP contribution in [0.25, 0.3) is 6.08 Å². The number of para-hydroxylation sites is 1. The van der Waals surface area contributed by atoms with Crippen LogP contribution in [-0.4, -0.2) is 12.5 Å². The highest BCUT2D eigenvalue weighted by Gasteiger charge is 2.14. The van der Waals surface area contributed by atoms with E-state index in [1.54, 1.807) is 36.4 Å². The summed E-state index contributed by atoms with van der Waals surface area (Å²) in [5, 5.41) is 12.7. The van der Waals surface area contributed by atoms with Crippen molar-refractivity contribution in [1.82, 2.24) is 0 Å². The molecule has 0 saturated carbocycles. The first kappa shape index (κ1) is 28.6. The number of hydrogen-bond donors (Lipinski definition) is 1. The molecule has 0 aliphatic heterocycles. The minimum Gasteiger partial charge on any atom is -0.490 e. The minimum atomic E-state index is -0.539. The van der Waals surface area contributed by atoms with Crippen LogP contribution in [0.4, 0.5) is 5.69 Å². The maximum Gasteiger partial charge on any atom is 0.266 e. The average molecular weight is 573 g/mol. The van der Waals surface area contributed by atoms with Gasteiger partial charge in [0.15, 0.2) is 17.2 Å². The number of benzene rings is 4. The SMILES string of the molecule is CCOc1cc(COc2c(Cl)cc(/C=C(\C#N)C(=O)Nc3ccccc3)cc2Cl)ccc1OCc1ccccc1. The van der Waals surface area contributed by atoms with Gasteiger partial charge in [-0.1, -0.05) is 77.8 Å². The van der Waals surface area contributed by atoms with Gasteiger partial charge in [0.25, 0.3) is 5.91 Å². The summed E-state index contributed by atoms with van der Waals surface area (Å²) in [6, 6.07) is 29.4. The lowest BCUT2D eigenvalue weighted by molar-refractivity contribution is -0.112. The Hall–Kier alpha value is -4.44. The van der Waals surface area contributed by atoms with Gasteiger partial charge in [0, 0.05) is 5.69 Å². The second-order valence-corrected chi connectivity index (χ2v) is 9.40. The highest BCUT2D eigenvalue weighted by atomic mass is 35.5. The molecular weight excluding hydrogens is 547 g/mol. The summed E-state index contributed by atoms with van der Waals surface area (Å²) >= 11 is 13.0. The Kier molecular flexibility index (Phi) is 10.1. The third-order valence-corrected chi connectivity index (χ3v) is 6.22. The smallest absolute Gasteiger partial charge is 0.266 e. The number of nitrogens with zero attached hydrogens (tertiary/aromatic N) is 1. The van der Waals surface area contributed by atoms with Gasteiger partial charge in [-0.2, -0.15) is 5.26 Å². The molecule has 0 atom stereocenters. The standard InChI is InChI=1S/C32H26Cl2N2O4/c1-2-38-30-18-23(13-14-29(30)39-20-22-9-5-3-6-10-22)21-40-31-27(33)16-24(17-28(31)34)15-25(19-35)32(37)36-26-11-7-4-8-12-26/h3-18H,2,20-21H2,1H3,(H,36,37)/b25-15+. The Balaban J connectivity index is 1.45. The van der Waals surface area contributed by atoms with Crippen LogP contribution in [0, 0.1) is 11.3 Å². The van der Waals surface area contributed by atoms with E-state index in [4.69, 9.17) is 37.4 Å². The van der Waals surface area contributed by atoms with E-state index in [9.17, 15) is 10.1 Å². The predicted octanol–water partition coefficient (Wildman–Crippen LogP) is 8.10. The molecule has 8 heteroatoms. The molecule has 0 radical (unpaired) electrons. The second kappa shape index (κ2) is 14.1. The third kappa shape index (κ3) is 7.79. The fourth-order valence-corrected chi connectivity index (χ4v) is 4.37. The van der Waals surface area contributed by atoms with Crippen LogP contribution in [0.3, 0.4) is 0 Å². The van der Waals surface area contributed by atoms with Crippen molar-refractivity contribution >= 4 is 40.9 Å². The van der Waals surface area contributed by atoms with Gasteiger partial charge < -0.3 is 19.5 Å². The monoisotopic (exact) mass is 572 g/mol. The largest absolute Gasteiger partial charge is 0.490 e. The molecule has 202 valence electrons. The molecule has 0 fully saturated rings. The zero-order valence-corrected chi connectivity index (χ0v) is 23.2. The molecule has 0 bridgehead atoms. The lowest BCUT2D eigenvalue weighted by Crippen LogP contribution is -2.13. The Bertz CT molecular complexity index is 1510. The van der Waals surface area contributed by atoms with Crippen molar-refractivity contribution in [3.8, 4) is 23.3 Å². The summed E-state index contributed by atoms with van der Waals surface area (Å²) in [6.07, 6.45) is 1.42. The molecule has 4 aromatic rings. The molecular formula is C32H26Cl2N2O4. The second-order valence-electron chi connectivity index (χ2n) is 8.58. The summed E-state index contributed by atoms with van der Waals surface area (Å²) in [5.41, 5.74) is 2.86. The van der Waals surface area contributed by atoms with Crippen molar-refractivity contribution < 1.29 is 19.0 Å². The molecule has 6 nitrogen and oxygen atoms in total. The molecule has 4 aromatic carbocycles. The summed E-state index contributed by atoms with van der Waals surface area (Å²) in [7, 11) is 0. The fourth-order valence-electron chi connectivity index (χ4n) is 3.76. The maximum absolute atomic E-state index is 12.5. The highest BCUT2D eigenvalue weighted by Crippen LogP contribution is 2.36. The molecule has 40 heavy (non-hydrogen) atoms. The number of halogens is 2. The number of carbonyl (C=O) groups is 1. The van der Waals surface area contributed by atoms with E-state index in [0.29, 0.717) is 36.0 Å². The van der Waals surface area contributed by atoms with Gasteiger partial charge in [-0.05, 0) is 66.1 Å². The number of nitriles is 1. The molecule has 0 heterocycles. The molecule has 0 spiro atoms. The van der Waals surface area contributed by atoms with Crippen LogP contribution in [0.2, 0.25) is 10.0 Å². The van der Waals surface area contributed by atoms with Gasteiger partial charge in [0.1, 0.15) is 24.9 Å². The van der Waals surface area contributed by atoms with E-state index in [0.717, 1.165) is 11.1 Å². The van der Waals surface area contributed by atoms with Crippen molar-refractivity contribution in [1.29, 1.82) is 5.26 Å². The lowest BCUT2D eigenvalue weighted by atomic mass is 10.1. The molecule has 0 aliphatic rings. The van der Waals surface area contributed by atoms with Crippen molar-refractivity contribution in [2.75, 3.05) is 11.9 Å². The van der Waals surface area contributed by atoms with Crippen LogP contribution in [0.5, 0.6) is 17.2 Å². The van der Waals surface area contributed by atoms with E-state index in [1.807, 2.05) is 67.6 Å². The Labute approximate surface area is 243 Å². The number of carbonyl (C=O) groups excluding carboxylic acids is 1. The van der Waals surface area contributed by atoms with Crippen LogP contribution < -0.4 is 19.5 Å². The number of hydrogen-bond acceptors (Lipinski definition) is 5. The van der Waals surface area contributed by atoms with Crippen molar-refractivity contribution in [2.45, 2.75) is 20.1 Å². The summed E-state index contributed by atoms with van der Waals surface area (Å²) in [4.78, 5) is 12.5. The van der Waals surface area contributed by atoms with Crippen molar-refractivity contribution in [2.24, 2.45) is 0 Å². The molecule has 4 rings (SSSR count). The predicted molar refractivity (Wildman–Crippen MR) is 158 cm³/mol. The molecule has 0 unspecified atom stereocenters. The Morgan fingerprint density at radius 3 is 2.12 bits per heavy atom. The Morgan fingerprint density at radius 1 is 0.825 bits per heavy atom. The normalized spacial score (nSPS) is 10.9. The zero-order chi connectivity index (χ0) is 28.3. The number of rotatable bonds is 11. The first-order valence-corrected chi connectivity index (χ1v) is 13.2. The molecule has 0 saturated heterocycles. The van der Waals surface area contributed by atoms with Gasteiger partial charge in [-0.3, -0.25) is 4.79 Å². The van der Waals surface area contributed by atoms with Crippen molar-refractivity contribution in [3.05, 3.63) is 123 Å². The zero-order valence-electron chi connectivity index (χ0n) is 21.7. The summed E-state index contributed by atoms with van der Waals surface area (Å²) < 4.78 is 17.7. The van der Waals surface area contributed by atoms with Gasteiger partial charge >= 0.3 is 0 Å². The quantitative estimate of drug-likeness (QED) is 0.145. The van der Waals surface area contributed by atoms with E-state index >= 15 is 0 Å². The number of ether oxygens (including phenoxy) is 3. The third-order valence-electron chi connectivity index (χ3n) is 5.66. The number of amides is 1. The van der Waals surface area contributed by atoms with Crippen LogP contribution >= 0.6 is 23.2 Å².